The molecule has 0 unspecified atom stereocenters. The predicted octanol–water partition coefficient (Wildman–Crippen LogP) is 4.55. The van der Waals surface area contributed by atoms with E-state index in [0.717, 1.165) is 27.8 Å². The SMILES string of the molecule is NC(=O)[C@@H]1CC[C@@H](N(OCc2ccccc2)C(=O)n2ccnc2)CN1C(=O)OCC1c2ccccc2-c2ccccc21. The van der Waals surface area contributed by atoms with Crippen LogP contribution in [0.4, 0.5) is 9.59 Å². The molecule has 1 aliphatic carbocycles. The van der Waals surface area contributed by atoms with Gasteiger partial charge in [-0.1, -0.05) is 78.9 Å². The Bertz CT molecular complexity index is 1530. The first kappa shape index (κ1) is 27.2. The fraction of sp³-hybridized carbons (Fsp3) is 0.250. The number of aromatic nitrogens is 2. The van der Waals surface area contributed by atoms with Crippen molar-refractivity contribution in [2.45, 2.75) is 37.5 Å². The number of likely N-dealkylation sites (tertiary alicyclic amines) is 1. The number of carbonyl (C=O) groups excluding carboxylic acids is 3. The van der Waals surface area contributed by atoms with E-state index >= 15 is 0 Å². The van der Waals surface area contributed by atoms with Crippen molar-refractivity contribution in [1.29, 1.82) is 0 Å². The minimum absolute atomic E-state index is 0.0134. The molecule has 0 spiro atoms. The van der Waals surface area contributed by atoms with Gasteiger partial charge in [-0.2, -0.15) is 5.06 Å². The molecule has 42 heavy (non-hydrogen) atoms. The van der Waals surface area contributed by atoms with Crippen LogP contribution in [0.25, 0.3) is 11.1 Å². The zero-order valence-corrected chi connectivity index (χ0v) is 22.9. The maximum absolute atomic E-state index is 13.6. The molecule has 0 bridgehead atoms. The van der Waals surface area contributed by atoms with Gasteiger partial charge in [0.2, 0.25) is 5.91 Å². The molecule has 10 nitrogen and oxygen atoms in total. The maximum Gasteiger partial charge on any atom is 0.410 e. The molecular formula is C32H31N5O5. The van der Waals surface area contributed by atoms with Gasteiger partial charge >= 0.3 is 12.1 Å². The van der Waals surface area contributed by atoms with Crippen molar-refractivity contribution in [2.75, 3.05) is 13.2 Å². The Labute approximate surface area is 243 Å². The van der Waals surface area contributed by atoms with Crippen molar-refractivity contribution in [2.24, 2.45) is 5.73 Å². The summed E-state index contributed by atoms with van der Waals surface area (Å²) in [4.78, 5) is 50.8. The van der Waals surface area contributed by atoms with Crippen LogP contribution in [0.15, 0.2) is 97.6 Å². The highest BCUT2D eigenvalue weighted by Crippen LogP contribution is 2.44. The minimum atomic E-state index is -0.865. The van der Waals surface area contributed by atoms with Crippen molar-refractivity contribution in [3.8, 4) is 11.1 Å². The van der Waals surface area contributed by atoms with Crippen LogP contribution in [0.3, 0.4) is 0 Å². The van der Waals surface area contributed by atoms with Crippen LogP contribution in [0.5, 0.6) is 0 Å². The lowest BCUT2D eigenvalue weighted by atomic mass is 9.97. The lowest BCUT2D eigenvalue weighted by Gasteiger charge is -2.41. The van der Waals surface area contributed by atoms with E-state index < -0.39 is 30.1 Å². The van der Waals surface area contributed by atoms with E-state index in [-0.39, 0.29) is 32.1 Å². The molecule has 2 aliphatic rings. The monoisotopic (exact) mass is 565 g/mol. The Kier molecular flexibility index (Phi) is 7.70. The summed E-state index contributed by atoms with van der Waals surface area (Å²) >= 11 is 0. The summed E-state index contributed by atoms with van der Waals surface area (Å²) in [6.07, 6.45) is 4.41. The zero-order chi connectivity index (χ0) is 29.1. The van der Waals surface area contributed by atoms with Gasteiger partial charge in [-0.3, -0.25) is 19.1 Å². The average Bonchev–Trinajstić information content (AvgIpc) is 3.67. The van der Waals surface area contributed by atoms with E-state index in [1.807, 2.05) is 66.7 Å². The Morgan fingerprint density at radius 3 is 2.21 bits per heavy atom. The number of ether oxygens (including phenoxy) is 1. The molecule has 2 N–H and O–H groups in total. The Morgan fingerprint density at radius 1 is 0.905 bits per heavy atom. The first-order valence-electron chi connectivity index (χ1n) is 13.9. The van der Waals surface area contributed by atoms with Crippen LogP contribution in [0, 0.1) is 0 Å². The highest BCUT2D eigenvalue weighted by atomic mass is 16.7. The second-order valence-corrected chi connectivity index (χ2v) is 10.4. The number of carbonyl (C=O) groups is 3. The number of hydrogen-bond acceptors (Lipinski definition) is 6. The number of nitrogens with zero attached hydrogens (tertiary/aromatic N) is 4. The number of piperidine rings is 1. The summed E-state index contributed by atoms with van der Waals surface area (Å²) in [5, 5.41) is 1.26. The molecule has 0 saturated carbocycles. The number of imidazole rings is 1. The molecule has 2 heterocycles. The van der Waals surface area contributed by atoms with E-state index in [9.17, 15) is 14.4 Å². The van der Waals surface area contributed by atoms with Crippen LogP contribution >= 0.6 is 0 Å². The minimum Gasteiger partial charge on any atom is -0.448 e. The van der Waals surface area contributed by atoms with Gasteiger partial charge in [0.05, 0.1) is 6.04 Å². The Morgan fingerprint density at radius 2 is 1.57 bits per heavy atom. The van der Waals surface area contributed by atoms with Gasteiger partial charge < -0.3 is 10.5 Å². The lowest BCUT2D eigenvalue weighted by molar-refractivity contribution is -0.167. The molecule has 214 valence electrons. The van der Waals surface area contributed by atoms with Gasteiger partial charge in [-0.05, 0) is 40.7 Å². The molecule has 6 rings (SSSR count). The summed E-state index contributed by atoms with van der Waals surface area (Å²) in [7, 11) is 0. The summed E-state index contributed by atoms with van der Waals surface area (Å²) in [5.74, 6) is -0.762. The van der Waals surface area contributed by atoms with Gasteiger partial charge in [0.15, 0.2) is 0 Å². The topological polar surface area (TPSA) is 120 Å². The summed E-state index contributed by atoms with van der Waals surface area (Å²) < 4.78 is 7.18. The second-order valence-electron chi connectivity index (χ2n) is 10.4. The van der Waals surface area contributed by atoms with Crippen LogP contribution in [-0.2, 0) is 21.0 Å². The third-order valence-electron chi connectivity index (χ3n) is 7.91. The molecule has 2 atom stereocenters. The largest absolute Gasteiger partial charge is 0.448 e. The molecule has 3 amide bonds. The number of rotatable bonds is 7. The van der Waals surface area contributed by atoms with E-state index in [1.54, 1.807) is 0 Å². The van der Waals surface area contributed by atoms with Crippen LogP contribution in [-0.4, -0.2) is 62.8 Å². The van der Waals surface area contributed by atoms with Gasteiger partial charge in [-0.15, -0.1) is 0 Å². The molecule has 1 saturated heterocycles. The Hall–Kier alpha value is -4.96. The van der Waals surface area contributed by atoms with E-state index in [1.165, 1.54) is 33.3 Å². The molecule has 1 aliphatic heterocycles. The predicted molar refractivity (Wildman–Crippen MR) is 154 cm³/mol. The van der Waals surface area contributed by atoms with Crippen molar-refractivity contribution >= 4 is 18.0 Å². The highest BCUT2D eigenvalue weighted by molar-refractivity contribution is 5.85. The van der Waals surface area contributed by atoms with Crippen molar-refractivity contribution in [3.63, 3.8) is 0 Å². The van der Waals surface area contributed by atoms with Crippen LogP contribution < -0.4 is 5.73 Å². The molecule has 10 heteroatoms. The van der Waals surface area contributed by atoms with Gasteiger partial charge in [0.1, 0.15) is 25.6 Å². The highest BCUT2D eigenvalue weighted by Gasteiger charge is 2.41. The quantitative estimate of drug-likeness (QED) is 0.328. The van der Waals surface area contributed by atoms with Crippen LogP contribution in [0.1, 0.15) is 35.4 Å². The first-order chi connectivity index (χ1) is 20.5. The fourth-order valence-electron chi connectivity index (χ4n) is 5.84. The van der Waals surface area contributed by atoms with E-state index in [0.29, 0.717) is 6.42 Å². The number of hydroxylamine groups is 2. The third kappa shape index (κ3) is 5.36. The smallest absolute Gasteiger partial charge is 0.410 e. The number of amides is 3. The van der Waals surface area contributed by atoms with Crippen molar-refractivity contribution in [3.05, 3.63) is 114 Å². The zero-order valence-electron chi connectivity index (χ0n) is 22.9. The number of fused-ring (bicyclic) bond motifs is 3. The standard InChI is InChI=1S/C32H31N5O5/c33-30(38)29-15-14-23(37(31(39)35-17-16-34-21-35)42-19-22-8-2-1-3-9-22)18-36(29)32(40)41-20-28-26-12-6-4-10-24(26)25-11-5-7-13-27(25)28/h1-13,16-17,21,23,28-29H,14-15,18-20H2,(H2,33,38)/t23-,29+/m1/s1. The van der Waals surface area contributed by atoms with Crippen molar-refractivity contribution in [1.82, 2.24) is 19.5 Å². The lowest BCUT2D eigenvalue weighted by Crippen LogP contribution is -2.59. The maximum atomic E-state index is 13.6. The molecule has 1 aromatic heterocycles. The van der Waals surface area contributed by atoms with E-state index in [2.05, 4.69) is 17.1 Å². The first-order valence-corrected chi connectivity index (χ1v) is 13.9. The summed E-state index contributed by atoms with van der Waals surface area (Å²) in [5.41, 5.74) is 11.0. The normalized spacial score (nSPS) is 17.8. The van der Waals surface area contributed by atoms with E-state index in [4.69, 9.17) is 15.3 Å². The molecule has 3 aromatic carbocycles. The number of primary amides is 1. The van der Waals surface area contributed by atoms with Gasteiger partial charge in [0.25, 0.3) is 0 Å². The fourth-order valence-corrected chi connectivity index (χ4v) is 5.84. The average molecular weight is 566 g/mol. The number of nitrogens with two attached hydrogens (primary N) is 1. The molecular weight excluding hydrogens is 534 g/mol. The van der Waals surface area contributed by atoms with Gasteiger partial charge in [-0.25, -0.2) is 14.6 Å². The van der Waals surface area contributed by atoms with Gasteiger partial charge in [0, 0.05) is 24.9 Å². The third-order valence-corrected chi connectivity index (χ3v) is 7.91. The molecule has 0 radical (unpaired) electrons. The number of benzene rings is 3. The summed E-state index contributed by atoms with van der Waals surface area (Å²) in [6.45, 7) is 0.253. The Balaban J connectivity index is 1.21. The second kappa shape index (κ2) is 11.9. The molecule has 1 fully saturated rings. The summed E-state index contributed by atoms with van der Waals surface area (Å²) in [6, 6.07) is 23.7. The molecule has 4 aromatic rings. The van der Waals surface area contributed by atoms with Crippen molar-refractivity contribution < 1.29 is 24.0 Å². The van der Waals surface area contributed by atoms with Crippen LogP contribution in [0.2, 0.25) is 0 Å². The number of hydrogen-bond donors (Lipinski definition) is 1.